The van der Waals surface area contributed by atoms with Crippen molar-refractivity contribution in [3.05, 3.63) is 89.0 Å². The number of benzene rings is 3. The molecule has 182 valence electrons. The predicted octanol–water partition coefficient (Wildman–Crippen LogP) is 8.33. The predicted molar refractivity (Wildman–Crippen MR) is 157 cm³/mol. The summed E-state index contributed by atoms with van der Waals surface area (Å²) in [5.41, 5.74) is 6.09. The van der Waals surface area contributed by atoms with E-state index in [0.29, 0.717) is 5.02 Å². The molecule has 6 rings (SSSR count). The second kappa shape index (κ2) is 10.2. The topological polar surface area (TPSA) is 67.8 Å². The molecule has 0 unspecified atom stereocenters. The number of rotatable bonds is 6. The van der Waals surface area contributed by atoms with Crippen molar-refractivity contribution >= 4 is 78.1 Å². The third-order valence-electron chi connectivity index (χ3n) is 5.79. The molecule has 5 nitrogen and oxygen atoms in total. The van der Waals surface area contributed by atoms with E-state index in [1.807, 2.05) is 48.5 Å². The fourth-order valence-corrected chi connectivity index (χ4v) is 6.97. The van der Waals surface area contributed by atoms with E-state index < -0.39 is 0 Å². The van der Waals surface area contributed by atoms with Gasteiger partial charge in [-0.1, -0.05) is 41.6 Å². The summed E-state index contributed by atoms with van der Waals surface area (Å²) in [6, 6.07) is 21.8. The average Bonchev–Trinajstić information content (AvgIpc) is 3.53. The van der Waals surface area contributed by atoms with Crippen molar-refractivity contribution in [2.75, 3.05) is 11.1 Å². The number of thioether (sulfide) groups is 1. The van der Waals surface area contributed by atoms with Crippen LogP contribution in [0.5, 0.6) is 0 Å². The van der Waals surface area contributed by atoms with Crippen LogP contribution < -0.4 is 5.32 Å². The number of thiazole rings is 1. The van der Waals surface area contributed by atoms with E-state index in [9.17, 15) is 4.79 Å². The van der Waals surface area contributed by atoms with Crippen LogP contribution in [0.3, 0.4) is 0 Å². The van der Waals surface area contributed by atoms with Gasteiger partial charge in [0, 0.05) is 27.2 Å². The van der Waals surface area contributed by atoms with Crippen LogP contribution in [0, 0.1) is 6.92 Å². The van der Waals surface area contributed by atoms with Gasteiger partial charge in [0.1, 0.15) is 21.2 Å². The molecule has 3 heterocycles. The number of nitrogens with one attached hydrogen (secondary N) is 1. The maximum absolute atomic E-state index is 12.8. The lowest BCUT2D eigenvalue weighted by molar-refractivity contribution is -0.113. The van der Waals surface area contributed by atoms with E-state index in [1.54, 1.807) is 29.0 Å². The van der Waals surface area contributed by atoms with E-state index in [1.165, 1.54) is 22.0 Å². The molecule has 1 N–H and O–H groups in total. The van der Waals surface area contributed by atoms with E-state index in [2.05, 4.69) is 45.8 Å². The van der Waals surface area contributed by atoms with Crippen molar-refractivity contribution in [2.45, 2.75) is 11.9 Å². The summed E-state index contributed by atoms with van der Waals surface area (Å²) in [5, 5.41) is 8.46. The Bertz CT molecular complexity index is 1740. The number of carbonyl (C=O) groups excluding carboxylic acids is 1. The number of hydrogen-bond acceptors (Lipinski definition) is 7. The fraction of sp³-hybridized carbons (Fsp3) is 0.0714. The first-order chi connectivity index (χ1) is 18.0. The largest absolute Gasteiger partial charge is 0.325 e. The zero-order valence-corrected chi connectivity index (χ0v) is 22.8. The minimum absolute atomic E-state index is 0.0942. The maximum atomic E-state index is 12.8. The molecule has 9 heteroatoms. The second-order valence-corrected chi connectivity index (χ2v) is 11.7. The Morgan fingerprint density at radius 1 is 1.00 bits per heavy atom. The highest BCUT2D eigenvalue weighted by molar-refractivity contribution is 8.00. The summed E-state index contributed by atoms with van der Waals surface area (Å²) >= 11 is 10.7. The number of nitrogens with zero attached hydrogens (tertiary/aromatic N) is 3. The number of thiophene rings is 1. The number of halogens is 1. The Balaban J connectivity index is 1.15. The lowest BCUT2D eigenvalue weighted by Crippen LogP contribution is -2.14. The van der Waals surface area contributed by atoms with Crippen LogP contribution in [-0.4, -0.2) is 26.6 Å². The standard InChI is InChI=1S/C28H19ClN4OS3/c1-16-2-11-22-23(12-16)37-26(33-22)18-5-9-20(10-6-18)32-24(34)14-36-28-25-21(13-35-27(25)30-15-31-28)17-3-7-19(29)8-4-17/h2-13,15H,14H2,1H3,(H,32,34). The third-order valence-corrected chi connectivity index (χ3v) is 8.99. The van der Waals surface area contributed by atoms with Gasteiger partial charge in [0.25, 0.3) is 0 Å². The lowest BCUT2D eigenvalue weighted by atomic mass is 10.1. The van der Waals surface area contributed by atoms with Gasteiger partial charge in [0.15, 0.2) is 0 Å². The first kappa shape index (κ1) is 24.1. The van der Waals surface area contributed by atoms with Crippen molar-refractivity contribution < 1.29 is 4.79 Å². The molecule has 0 saturated heterocycles. The number of anilines is 1. The molecule has 0 fully saturated rings. The van der Waals surface area contributed by atoms with Gasteiger partial charge in [0.05, 0.1) is 21.4 Å². The summed E-state index contributed by atoms with van der Waals surface area (Å²) in [7, 11) is 0. The number of amides is 1. The lowest BCUT2D eigenvalue weighted by Gasteiger charge is -2.07. The van der Waals surface area contributed by atoms with Gasteiger partial charge in [-0.3, -0.25) is 4.79 Å². The molecule has 0 radical (unpaired) electrons. The summed E-state index contributed by atoms with van der Waals surface area (Å²) < 4.78 is 1.17. The van der Waals surface area contributed by atoms with Crippen LogP contribution in [0.4, 0.5) is 5.69 Å². The Kier molecular flexibility index (Phi) is 6.65. The van der Waals surface area contributed by atoms with Crippen LogP contribution in [0.2, 0.25) is 5.02 Å². The van der Waals surface area contributed by atoms with Crippen LogP contribution in [0.1, 0.15) is 5.56 Å². The number of carbonyl (C=O) groups is 1. The summed E-state index contributed by atoms with van der Waals surface area (Å²) in [5.74, 6) is 0.143. The van der Waals surface area contributed by atoms with E-state index >= 15 is 0 Å². The SMILES string of the molecule is Cc1ccc2nc(-c3ccc(NC(=O)CSc4ncnc5scc(-c6ccc(Cl)cc6)c45)cc3)sc2c1. The van der Waals surface area contributed by atoms with Gasteiger partial charge in [-0.2, -0.15) is 0 Å². The Morgan fingerprint density at radius 3 is 2.59 bits per heavy atom. The minimum Gasteiger partial charge on any atom is -0.325 e. The van der Waals surface area contributed by atoms with Gasteiger partial charge >= 0.3 is 0 Å². The number of aryl methyl sites for hydroxylation is 1. The molecular formula is C28H19ClN4OS3. The molecule has 3 aromatic carbocycles. The van der Waals surface area contributed by atoms with Crippen molar-refractivity contribution in [1.29, 1.82) is 0 Å². The highest BCUT2D eigenvalue weighted by atomic mass is 35.5. The third kappa shape index (κ3) is 5.10. The van der Waals surface area contributed by atoms with E-state index in [0.717, 1.165) is 48.1 Å². The summed E-state index contributed by atoms with van der Waals surface area (Å²) in [6.07, 6.45) is 1.55. The smallest absolute Gasteiger partial charge is 0.234 e. The van der Waals surface area contributed by atoms with Crippen molar-refractivity contribution in [3.8, 4) is 21.7 Å². The second-order valence-electron chi connectivity index (χ2n) is 8.42. The minimum atomic E-state index is -0.0942. The fourth-order valence-electron chi connectivity index (χ4n) is 3.98. The average molecular weight is 559 g/mol. The molecule has 0 saturated carbocycles. The molecule has 0 aliphatic carbocycles. The van der Waals surface area contributed by atoms with Crippen molar-refractivity contribution in [2.24, 2.45) is 0 Å². The Labute approximate surface area is 230 Å². The van der Waals surface area contributed by atoms with Gasteiger partial charge in [0.2, 0.25) is 5.91 Å². The molecule has 1 amide bonds. The zero-order chi connectivity index (χ0) is 25.4. The van der Waals surface area contributed by atoms with Gasteiger partial charge in [-0.25, -0.2) is 15.0 Å². The normalized spacial score (nSPS) is 11.3. The molecule has 0 aliphatic rings. The van der Waals surface area contributed by atoms with Crippen molar-refractivity contribution in [1.82, 2.24) is 15.0 Å². The molecule has 0 atom stereocenters. The molecule has 6 aromatic rings. The Morgan fingerprint density at radius 2 is 1.78 bits per heavy atom. The molecule has 3 aromatic heterocycles. The van der Waals surface area contributed by atoms with Gasteiger partial charge in [-0.05, 0) is 66.6 Å². The maximum Gasteiger partial charge on any atom is 0.234 e. The number of fused-ring (bicyclic) bond motifs is 2. The molecule has 37 heavy (non-hydrogen) atoms. The molecule has 0 spiro atoms. The molecule has 0 aliphatic heterocycles. The van der Waals surface area contributed by atoms with Crippen LogP contribution in [0.25, 0.3) is 42.1 Å². The summed E-state index contributed by atoms with van der Waals surface area (Å²) in [6.45, 7) is 2.08. The highest BCUT2D eigenvalue weighted by Gasteiger charge is 2.15. The number of hydrogen-bond donors (Lipinski definition) is 1. The summed E-state index contributed by atoms with van der Waals surface area (Å²) in [4.78, 5) is 27.3. The Hall–Kier alpha value is -3.30. The zero-order valence-electron chi connectivity index (χ0n) is 19.6. The first-order valence-electron chi connectivity index (χ1n) is 11.4. The highest BCUT2D eigenvalue weighted by Crippen LogP contribution is 2.38. The van der Waals surface area contributed by atoms with Crippen LogP contribution in [-0.2, 0) is 4.79 Å². The van der Waals surface area contributed by atoms with Crippen molar-refractivity contribution in [3.63, 3.8) is 0 Å². The van der Waals surface area contributed by atoms with Gasteiger partial charge < -0.3 is 5.32 Å². The molecular weight excluding hydrogens is 540 g/mol. The van der Waals surface area contributed by atoms with E-state index in [4.69, 9.17) is 16.6 Å². The van der Waals surface area contributed by atoms with Crippen LogP contribution >= 0.6 is 46.0 Å². The van der Waals surface area contributed by atoms with E-state index in [-0.39, 0.29) is 11.7 Å². The first-order valence-corrected chi connectivity index (χ1v) is 14.5. The quantitative estimate of drug-likeness (QED) is 0.164. The molecule has 0 bridgehead atoms. The monoisotopic (exact) mass is 558 g/mol. The van der Waals surface area contributed by atoms with Gasteiger partial charge in [-0.15, -0.1) is 22.7 Å². The van der Waals surface area contributed by atoms with Crippen LogP contribution in [0.15, 0.2) is 83.5 Å². The number of aromatic nitrogens is 3.